The van der Waals surface area contributed by atoms with Crippen LogP contribution >= 0.6 is 23.3 Å². The van der Waals surface area contributed by atoms with Crippen LogP contribution in [0.15, 0.2) is 4.34 Å². The summed E-state index contributed by atoms with van der Waals surface area (Å²) in [5, 5.41) is 3.16. The van der Waals surface area contributed by atoms with Gasteiger partial charge < -0.3 is 5.32 Å². The lowest BCUT2D eigenvalue weighted by atomic mass is 9.86. The van der Waals surface area contributed by atoms with E-state index in [1.165, 1.54) is 42.6 Å². The molecule has 1 aromatic heterocycles. The quantitative estimate of drug-likeness (QED) is 0.849. The van der Waals surface area contributed by atoms with Crippen molar-refractivity contribution in [2.24, 2.45) is 5.92 Å². The molecule has 0 radical (unpaired) electrons. The van der Waals surface area contributed by atoms with E-state index in [9.17, 15) is 4.79 Å². The summed E-state index contributed by atoms with van der Waals surface area (Å²) in [5.41, 5.74) is 0. The maximum Gasteiger partial charge on any atom is 0.230 e. The summed E-state index contributed by atoms with van der Waals surface area (Å²) in [4.78, 5) is 16.3. The Labute approximate surface area is 122 Å². The third-order valence-electron chi connectivity index (χ3n) is 3.55. The minimum atomic E-state index is 0.122. The number of aryl methyl sites for hydroxylation is 1. The molecule has 0 aliphatic heterocycles. The van der Waals surface area contributed by atoms with Crippen LogP contribution in [-0.4, -0.2) is 27.1 Å². The van der Waals surface area contributed by atoms with Gasteiger partial charge in [0, 0.05) is 12.5 Å². The highest BCUT2D eigenvalue weighted by Gasteiger charge is 2.22. The normalized spacial score (nSPS) is 23.3. The Morgan fingerprint density at radius 1 is 1.47 bits per heavy atom. The van der Waals surface area contributed by atoms with Gasteiger partial charge in [-0.2, -0.15) is 4.37 Å². The zero-order valence-electron chi connectivity index (χ0n) is 11.5. The fourth-order valence-corrected chi connectivity index (χ4v) is 3.85. The molecule has 0 spiro atoms. The van der Waals surface area contributed by atoms with Crippen molar-refractivity contribution in [1.82, 2.24) is 14.7 Å². The third kappa shape index (κ3) is 4.45. The maximum atomic E-state index is 11.9. The minimum absolute atomic E-state index is 0.122. The molecule has 1 amide bonds. The first-order valence-electron chi connectivity index (χ1n) is 6.93. The molecule has 1 aliphatic carbocycles. The Balaban J connectivity index is 1.74. The van der Waals surface area contributed by atoms with E-state index in [-0.39, 0.29) is 5.91 Å². The Morgan fingerprint density at radius 3 is 2.95 bits per heavy atom. The Morgan fingerprint density at radius 2 is 2.26 bits per heavy atom. The van der Waals surface area contributed by atoms with Crippen LogP contribution in [0.3, 0.4) is 0 Å². The summed E-state index contributed by atoms with van der Waals surface area (Å²) in [6.45, 7) is 4.27. The molecule has 2 atom stereocenters. The van der Waals surface area contributed by atoms with Crippen LogP contribution < -0.4 is 5.32 Å². The molecule has 4 nitrogen and oxygen atoms in total. The van der Waals surface area contributed by atoms with Gasteiger partial charge in [-0.1, -0.05) is 38.5 Å². The molecule has 1 fully saturated rings. The number of hydrogen-bond donors (Lipinski definition) is 1. The van der Waals surface area contributed by atoms with Gasteiger partial charge in [0.25, 0.3) is 0 Å². The van der Waals surface area contributed by atoms with Crippen molar-refractivity contribution in [2.45, 2.75) is 56.3 Å². The lowest BCUT2D eigenvalue weighted by Gasteiger charge is -2.29. The van der Waals surface area contributed by atoms with E-state index in [0.29, 0.717) is 17.7 Å². The van der Waals surface area contributed by atoms with Gasteiger partial charge in [0.2, 0.25) is 5.91 Å². The van der Waals surface area contributed by atoms with Crippen LogP contribution in [0, 0.1) is 5.92 Å². The molecular formula is C13H21N3OS2. The van der Waals surface area contributed by atoms with Crippen molar-refractivity contribution in [3.63, 3.8) is 0 Å². The summed E-state index contributed by atoms with van der Waals surface area (Å²) >= 11 is 2.87. The Kier molecular flexibility index (Phi) is 5.63. The van der Waals surface area contributed by atoms with Crippen LogP contribution in [0.4, 0.5) is 0 Å². The van der Waals surface area contributed by atoms with Gasteiger partial charge in [0.15, 0.2) is 4.34 Å². The number of carbonyl (C=O) groups excluding carboxylic acids is 1. The van der Waals surface area contributed by atoms with Gasteiger partial charge >= 0.3 is 0 Å². The average Bonchev–Trinajstić information content (AvgIpc) is 2.87. The largest absolute Gasteiger partial charge is 0.352 e. The van der Waals surface area contributed by atoms with Crippen molar-refractivity contribution < 1.29 is 4.79 Å². The summed E-state index contributed by atoms with van der Waals surface area (Å²) in [6.07, 6.45) is 5.74. The molecule has 2 rings (SSSR count). The standard InChI is InChI=1S/C13H21N3OS2/c1-3-11-15-13(19-16-11)18-8-12(17)14-10-7-5-4-6-9(10)2/h9-10H,3-8H2,1-2H3,(H,14,17)/t9-,10+/m0/s1. The van der Waals surface area contributed by atoms with Crippen molar-refractivity contribution in [1.29, 1.82) is 0 Å². The second-order valence-corrected chi connectivity index (χ2v) is 7.03. The number of hydrogen-bond acceptors (Lipinski definition) is 5. The predicted octanol–water partition coefficient (Wildman–Crippen LogP) is 2.89. The SMILES string of the molecule is CCc1nsc(SCC(=O)N[C@@H]2CCCC[C@@H]2C)n1. The van der Waals surface area contributed by atoms with Crippen LogP contribution in [0.1, 0.15) is 45.4 Å². The third-order valence-corrected chi connectivity index (χ3v) is 5.42. The van der Waals surface area contributed by atoms with Gasteiger partial charge in [-0.25, -0.2) is 4.98 Å². The summed E-state index contributed by atoms with van der Waals surface area (Å²) < 4.78 is 5.11. The lowest BCUT2D eigenvalue weighted by molar-refractivity contribution is -0.119. The highest BCUT2D eigenvalue weighted by Crippen LogP contribution is 2.24. The van der Waals surface area contributed by atoms with Gasteiger partial charge in [-0.3, -0.25) is 4.79 Å². The summed E-state index contributed by atoms with van der Waals surface area (Å²) in [6, 6.07) is 0.363. The predicted molar refractivity (Wildman–Crippen MR) is 79.6 cm³/mol. The molecule has 1 N–H and O–H groups in total. The van der Waals surface area contributed by atoms with Crippen molar-refractivity contribution in [3.05, 3.63) is 5.82 Å². The number of nitrogens with one attached hydrogen (secondary N) is 1. The number of rotatable bonds is 5. The Bertz CT molecular complexity index is 422. The molecule has 0 unspecified atom stereocenters. The van der Waals surface area contributed by atoms with Crippen LogP contribution in [0.25, 0.3) is 0 Å². The first kappa shape index (κ1) is 14.8. The summed E-state index contributed by atoms with van der Waals surface area (Å²) in [5.74, 6) is 2.04. The molecule has 106 valence electrons. The van der Waals surface area contributed by atoms with Gasteiger partial charge in [0.1, 0.15) is 5.82 Å². The van der Waals surface area contributed by atoms with Crippen molar-refractivity contribution >= 4 is 29.2 Å². The first-order chi connectivity index (χ1) is 9.19. The lowest BCUT2D eigenvalue weighted by Crippen LogP contribution is -2.41. The summed E-state index contributed by atoms with van der Waals surface area (Å²) in [7, 11) is 0. The molecule has 1 saturated carbocycles. The van der Waals surface area contributed by atoms with Crippen molar-refractivity contribution in [2.75, 3.05) is 5.75 Å². The molecular weight excluding hydrogens is 278 g/mol. The van der Waals surface area contributed by atoms with Gasteiger partial charge in [-0.15, -0.1) is 0 Å². The zero-order chi connectivity index (χ0) is 13.7. The van der Waals surface area contributed by atoms with Gasteiger partial charge in [-0.05, 0) is 30.3 Å². The smallest absolute Gasteiger partial charge is 0.230 e. The van der Waals surface area contributed by atoms with Gasteiger partial charge in [0.05, 0.1) is 5.75 Å². The fourth-order valence-electron chi connectivity index (χ4n) is 2.35. The maximum absolute atomic E-state index is 11.9. The molecule has 0 bridgehead atoms. The zero-order valence-corrected chi connectivity index (χ0v) is 13.1. The fraction of sp³-hybridized carbons (Fsp3) is 0.769. The Hall–Kier alpha value is -0.620. The second-order valence-electron chi connectivity index (χ2n) is 5.05. The molecule has 19 heavy (non-hydrogen) atoms. The van der Waals surface area contributed by atoms with Crippen LogP contribution in [0.5, 0.6) is 0 Å². The van der Waals surface area contributed by atoms with Crippen molar-refractivity contribution in [3.8, 4) is 0 Å². The molecule has 6 heteroatoms. The highest BCUT2D eigenvalue weighted by molar-refractivity contribution is 8.01. The van der Waals surface area contributed by atoms with E-state index < -0.39 is 0 Å². The van der Waals surface area contributed by atoms with E-state index in [2.05, 4.69) is 21.6 Å². The van der Waals surface area contributed by atoms with E-state index in [1.54, 1.807) is 0 Å². The van der Waals surface area contributed by atoms with E-state index in [0.717, 1.165) is 23.0 Å². The van der Waals surface area contributed by atoms with Crippen LogP contribution in [0.2, 0.25) is 0 Å². The average molecular weight is 299 g/mol. The number of nitrogens with zero attached hydrogens (tertiary/aromatic N) is 2. The number of aromatic nitrogens is 2. The molecule has 0 saturated heterocycles. The molecule has 1 aliphatic rings. The van der Waals surface area contributed by atoms with Crippen LogP contribution in [-0.2, 0) is 11.2 Å². The first-order valence-corrected chi connectivity index (χ1v) is 8.69. The molecule has 1 aromatic rings. The molecule has 1 heterocycles. The number of carbonyl (C=O) groups is 1. The molecule has 0 aromatic carbocycles. The topological polar surface area (TPSA) is 54.9 Å². The van der Waals surface area contributed by atoms with E-state index in [1.807, 2.05) is 6.92 Å². The minimum Gasteiger partial charge on any atom is -0.352 e. The number of thioether (sulfide) groups is 1. The highest BCUT2D eigenvalue weighted by atomic mass is 32.2. The van der Waals surface area contributed by atoms with E-state index >= 15 is 0 Å². The second kappa shape index (κ2) is 7.24. The van der Waals surface area contributed by atoms with E-state index in [4.69, 9.17) is 0 Å². The monoisotopic (exact) mass is 299 g/mol. The number of amides is 1.